The number of likely N-dealkylation sites (tertiary alicyclic amines) is 1. The molecule has 2 heterocycles. The number of aromatic nitrogens is 1. The van der Waals surface area contributed by atoms with E-state index in [0.29, 0.717) is 13.0 Å². The van der Waals surface area contributed by atoms with E-state index in [4.69, 9.17) is 0 Å². The highest BCUT2D eigenvalue weighted by Crippen LogP contribution is 2.14. The fourth-order valence-corrected chi connectivity index (χ4v) is 1.83. The lowest BCUT2D eigenvalue weighted by Gasteiger charge is -2.14. The van der Waals surface area contributed by atoms with Gasteiger partial charge in [-0.2, -0.15) is 0 Å². The number of halogens is 1. The van der Waals surface area contributed by atoms with Gasteiger partial charge >= 0.3 is 0 Å². The molecule has 1 aliphatic heterocycles. The van der Waals surface area contributed by atoms with Crippen molar-refractivity contribution in [2.75, 3.05) is 6.54 Å². The highest BCUT2D eigenvalue weighted by molar-refractivity contribution is 9.10. The first-order valence-electron chi connectivity index (χ1n) is 4.64. The van der Waals surface area contributed by atoms with Gasteiger partial charge in [0.15, 0.2) is 0 Å². The van der Waals surface area contributed by atoms with E-state index in [1.54, 1.807) is 6.20 Å². The number of carbonyl (C=O) groups excluding carboxylic acids is 1. The van der Waals surface area contributed by atoms with E-state index < -0.39 is 0 Å². The smallest absolute Gasteiger partial charge is 0.222 e. The average molecular weight is 255 g/mol. The molecular formula is C10H11BrN2O. The van der Waals surface area contributed by atoms with Gasteiger partial charge in [0, 0.05) is 25.7 Å². The molecule has 1 aliphatic rings. The maximum absolute atomic E-state index is 11.3. The standard InChI is InChI=1S/C10H11BrN2O/c11-9-4-3-8(6-12-9)7-13-5-1-2-10(13)14/h3-4,6H,1-2,5,7H2. The van der Waals surface area contributed by atoms with Crippen LogP contribution in [0.5, 0.6) is 0 Å². The van der Waals surface area contributed by atoms with Crippen molar-refractivity contribution in [3.8, 4) is 0 Å². The summed E-state index contributed by atoms with van der Waals surface area (Å²) in [5.74, 6) is 0.257. The largest absolute Gasteiger partial charge is 0.338 e. The first-order chi connectivity index (χ1) is 6.75. The van der Waals surface area contributed by atoms with Crippen LogP contribution >= 0.6 is 15.9 Å². The van der Waals surface area contributed by atoms with E-state index >= 15 is 0 Å². The number of carbonyl (C=O) groups is 1. The molecule has 4 heteroatoms. The summed E-state index contributed by atoms with van der Waals surface area (Å²) < 4.78 is 0.828. The van der Waals surface area contributed by atoms with Crippen molar-refractivity contribution < 1.29 is 4.79 Å². The van der Waals surface area contributed by atoms with Gasteiger partial charge in [0.05, 0.1) is 0 Å². The number of hydrogen-bond donors (Lipinski definition) is 0. The van der Waals surface area contributed by atoms with Gasteiger partial charge in [-0.05, 0) is 34.0 Å². The van der Waals surface area contributed by atoms with Gasteiger partial charge in [0.1, 0.15) is 4.60 Å². The van der Waals surface area contributed by atoms with E-state index in [1.807, 2.05) is 17.0 Å². The molecule has 1 saturated heterocycles. The van der Waals surface area contributed by atoms with E-state index in [1.165, 1.54) is 0 Å². The highest BCUT2D eigenvalue weighted by Gasteiger charge is 2.19. The number of amides is 1. The minimum atomic E-state index is 0.257. The molecule has 0 radical (unpaired) electrons. The summed E-state index contributed by atoms with van der Waals surface area (Å²) in [5, 5.41) is 0. The van der Waals surface area contributed by atoms with Gasteiger partial charge in [-0.3, -0.25) is 4.79 Å². The third-order valence-electron chi connectivity index (χ3n) is 2.33. The van der Waals surface area contributed by atoms with Crippen molar-refractivity contribution in [2.24, 2.45) is 0 Å². The number of pyridine rings is 1. The lowest BCUT2D eigenvalue weighted by atomic mass is 10.3. The number of rotatable bonds is 2. The molecule has 0 N–H and O–H groups in total. The second-order valence-corrected chi connectivity index (χ2v) is 4.22. The first kappa shape index (κ1) is 9.65. The van der Waals surface area contributed by atoms with Crippen LogP contribution in [0.4, 0.5) is 0 Å². The predicted molar refractivity (Wildman–Crippen MR) is 56.6 cm³/mol. The average Bonchev–Trinajstić information content (AvgIpc) is 2.56. The molecule has 0 unspecified atom stereocenters. The predicted octanol–water partition coefficient (Wildman–Crippen LogP) is 1.97. The molecule has 0 saturated carbocycles. The Balaban J connectivity index is 2.03. The Morgan fingerprint density at radius 1 is 1.50 bits per heavy atom. The Hall–Kier alpha value is -0.900. The highest BCUT2D eigenvalue weighted by atomic mass is 79.9. The van der Waals surface area contributed by atoms with Crippen LogP contribution in [0.25, 0.3) is 0 Å². The van der Waals surface area contributed by atoms with Gasteiger partial charge in [0.2, 0.25) is 5.91 Å². The minimum Gasteiger partial charge on any atom is -0.338 e. The number of hydrogen-bond acceptors (Lipinski definition) is 2. The van der Waals surface area contributed by atoms with Gasteiger partial charge in [-0.1, -0.05) is 6.07 Å². The second-order valence-electron chi connectivity index (χ2n) is 3.41. The quantitative estimate of drug-likeness (QED) is 0.757. The fraction of sp³-hybridized carbons (Fsp3) is 0.400. The van der Waals surface area contributed by atoms with Crippen LogP contribution in [-0.2, 0) is 11.3 Å². The third-order valence-corrected chi connectivity index (χ3v) is 2.80. The molecule has 3 nitrogen and oxygen atoms in total. The zero-order valence-electron chi connectivity index (χ0n) is 7.74. The van der Waals surface area contributed by atoms with E-state index in [-0.39, 0.29) is 5.91 Å². The van der Waals surface area contributed by atoms with Crippen molar-refractivity contribution in [1.29, 1.82) is 0 Å². The van der Waals surface area contributed by atoms with Crippen LogP contribution < -0.4 is 0 Å². The molecule has 0 aromatic carbocycles. The molecule has 0 atom stereocenters. The molecule has 1 amide bonds. The molecule has 2 rings (SSSR count). The molecule has 0 spiro atoms. The zero-order valence-corrected chi connectivity index (χ0v) is 9.33. The summed E-state index contributed by atoms with van der Waals surface area (Å²) in [6.07, 6.45) is 3.49. The van der Waals surface area contributed by atoms with E-state index in [0.717, 1.165) is 23.1 Å². The summed E-state index contributed by atoms with van der Waals surface area (Å²) in [6, 6.07) is 3.89. The number of nitrogens with zero attached hydrogens (tertiary/aromatic N) is 2. The Labute approximate surface area is 91.3 Å². The van der Waals surface area contributed by atoms with Gasteiger partial charge in [-0.25, -0.2) is 4.98 Å². The normalized spacial score (nSPS) is 16.4. The van der Waals surface area contributed by atoms with Crippen molar-refractivity contribution in [3.63, 3.8) is 0 Å². The minimum absolute atomic E-state index is 0.257. The van der Waals surface area contributed by atoms with Gasteiger partial charge in [-0.15, -0.1) is 0 Å². The van der Waals surface area contributed by atoms with Crippen molar-refractivity contribution >= 4 is 21.8 Å². The van der Waals surface area contributed by atoms with Gasteiger partial charge in [0.25, 0.3) is 0 Å². The Morgan fingerprint density at radius 3 is 2.93 bits per heavy atom. The van der Waals surface area contributed by atoms with Crippen LogP contribution in [0, 0.1) is 0 Å². The molecular weight excluding hydrogens is 244 g/mol. The molecule has 1 aromatic rings. The van der Waals surface area contributed by atoms with Crippen LogP contribution in [0.2, 0.25) is 0 Å². The molecule has 1 fully saturated rings. The van der Waals surface area contributed by atoms with Crippen LogP contribution in [-0.4, -0.2) is 22.3 Å². The maximum atomic E-state index is 11.3. The van der Waals surface area contributed by atoms with Crippen molar-refractivity contribution in [2.45, 2.75) is 19.4 Å². The van der Waals surface area contributed by atoms with Crippen molar-refractivity contribution in [3.05, 3.63) is 28.5 Å². The lowest BCUT2D eigenvalue weighted by molar-refractivity contribution is -0.128. The van der Waals surface area contributed by atoms with E-state index in [2.05, 4.69) is 20.9 Å². The maximum Gasteiger partial charge on any atom is 0.222 e. The first-order valence-corrected chi connectivity index (χ1v) is 5.43. The van der Waals surface area contributed by atoms with Crippen LogP contribution in [0.1, 0.15) is 18.4 Å². The molecule has 74 valence electrons. The monoisotopic (exact) mass is 254 g/mol. The fourth-order valence-electron chi connectivity index (χ4n) is 1.59. The molecule has 14 heavy (non-hydrogen) atoms. The zero-order chi connectivity index (χ0) is 9.97. The molecule has 1 aromatic heterocycles. The van der Waals surface area contributed by atoms with Crippen molar-refractivity contribution in [1.82, 2.24) is 9.88 Å². The topological polar surface area (TPSA) is 33.2 Å². The van der Waals surface area contributed by atoms with E-state index in [9.17, 15) is 4.79 Å². The summed E-state index contributed by atoms with van der Waals surface area (Å²) in [6.45, 7) is 1.58. The van der Waals surface area contributed by atoms with Gasteiger partial charge < -0.3 is 4.90 Å². The third kappa shape index (κ3) is 2.12. The Bertz CT molecular complexity index is 336. The SMILES string of the molecule is O=C1CCCN1Cc1ccc(Br)nc1. The summed E-state index contributed by atoms with van der Waals surface area (Å²) in [7, 11) is 0. The van der Waals surface area contributed by atoms with Crippen LogP contribution in [0.15, 0.2) is 22.9 Å². The Morgan fingerprint density at radius 2 is 2.36 bits per heavy atom. The Kier molecular flexibility index (Phi) is 2.82. The lowest BCUT2D eigenvalue weighted by Crippen LogP contribution is -2.23. The summed E-state index contributed by atoms with van der Waals surface area (Å²) in [4.78, 5) is 17.3. The summed E-state index contributed by atoms with van der Waals surface area (Å²) in [5.41, 5.74) is 1.09. The van der Waals surface area contributed by atoms with Crippen LogP contribution in [0.3, 0.4) is 0 Å². The second kappa shape index (κ2) is 4.09. The molecule has 0 aliphatic carbocycles. The molecule has 0 bridgehead atoms. The summed E-state index contributed by atoms with van der Waals surface area (Å²) >= 11 is 3.28.